The number of carboxylic acids is 1. The van der Waals surface area contributed by atoms with E-state index in [-0.39, 0.29) is 23.2 Å². The number of nitrogens with zero attached hydrogens (tertiary/aromatic N) is 2. The first kappa shape index (κ1) is 25.9. The van der Waals surface area contributed by atoms with Crippen LogP contribution in [0.4, 0.5) is 0 Å². The molecule has 0 bridgehead atoms. The van der Waals surface area contributed by atoms with Crippen molar-refractivity contribution < 1.29 is 19.4 Å². The largest absolute Gasteiger partial charge is 0.496 e. The van der Waals surface area contributed by atoms with Crippen LogP contribution in [0, 0.1) is 11.8 Å². The third-order valence-corrected chi connectivity index (χ3v) is 7.48. The van der Waals surface area contributed by atoms with Crippen LogP contribution in [0.2, 0.25) is 0 Å². The number of hydrogen-bond acceptors (Lipinski definition) is 5. The zero-order chi connectivity index (χ0) is 25.4. The summed E-state index contributed by atoms with van der Waals surface area (Å²) >= 11 is 1.44. The molecule has 0 unspecified atom stereocenters. The maximum Gasteiger partial charge on any atom is 0.329 e. The molecule has 0 radical (unpaired) electrons. The number of likely N-dealkylation sites (tertiary alicyclic amines) is 1. The van der Waals surface area contributed by atoms with Crippen LogP contribution < -0.4 is 4.74 Å². The van der Waals surface area contributed by atoms with Gasteiger partial charge in [-0.25, -0.2) is 9.78 Å². The number of benzene rings is 1. The molecular weight excluding hydrogens is 448 g/mol. The van der Waals surface area contributed by atoms with Gasteiger partial charge < -0.3 is 14.7 Å². The molecule has 1 saturated heterocycles. The number of carboxylic acid groups (broad SMARTS) is 1. The van der Waals surface area contributed by atoms with Crippen LogP contribution in [0.5, 0.6) is 5.75 Å². The Labute approximate surface area is 206 Å². The Balaban J connectivity index is 2.23. The monoisotopic (exact) mass is 484 g/mol. The topological polar surface area (TPSA) is 79.7 Å². The van der Waals surface area contributed by atoms with Gasteiger partial charge in [0.25, 0.3) is 5.91 Å². The predicted octanol–water partition coefficient (Wildman–Crippen LogP) is 6.10. The molecule has 1 aliphatic rings. The summed E-state index contributed by atoms with van der Waals surface area (Å²) in [6, 6.07) is 4.92. The molecule has 1 aromatic carbocycles. The third-order valence-electron chi connectivity index (χ3n) is 6.63. The lowest BCUT2D eigenvalue weighted by molar-refractivity contribution is -0.150. The van der Waals surface area contributed by atoms with E-state index in [1.807, 2.05) is 32.2 Å². The second-order valence-electron chi connectivity index (χ2n) is 10.7. The lowest BCUT2D eigenvalue weighted by atomic mass is 9.82. The zero-order valence-corrected chi connectivity index (χ0v) is 22.0. The second kappa shape index (κ2) is 9.53. The highest BCUT2D eigenvalue weighted by Crippen LogP contribution is 2.53. The van der Waals surface area contributed by atoms with E-state index in [2.05, 4.69) is 32.3 Å². The van der Waals surface area contributed by atoms with Gasteiger partial charge in [0, 0.05) is 23.1 Å². The molecule has 7 heteroatoms. The minimum atomic E-state index is -1.36. The molecule has 34 heavy (non-hydrogen) atoms. The van der Waals surface area contributed by atoms with E-state index >= 15 is 0 Å². The lowest BCUT2D eigenvalue weighted by Crippen LogP contribution is -2.54. The van der Waals surface area contributed by atoms with E-state index in [0.29, 0.717) is 24.2 Å². The molecular formula is C27H36N2O4S. The van der Waals surface area contributed by atoms with Gasteiger partial charge in [0.1, 0.15) is 16.3 Å². The molecule has 1 fully saturated rings. The first-order chi connectivity index (χ1) is 15.8. The molecule has 1 N–H and O–H groups in total. The van der Waals surface area contributed by atoms with E-state index in [1.54, 1.807) is 30.3 Å². The Bertz CT molecular complexity index is 1070. The lowest BCUT2D eigenvalue weighted by Gasteiger charge is -2.39. The molecule has 2 heterocycles. The third kappa shape index (κ3) is 4.63. The molecule has 2 aromatic rings. The van der Waals surface area contributed by atoms with Crippen molar-refractivity contribution in [1.29, 1.82) is 0 Å². The normalized spacial score (nSPS) is 22.8. The number of carbonyl (C=O) groups excluding carboxylic acids is 1. The van der Waals surface area contributed by atoms with Gasteiger partial charge in [-0.05, 0) is 48.8 Å². The number of aliphatic carboxylic acids is 1. The van der Waals surface area contributed by atoms with Crippen LogP contribution in [-0.2, 0) is 10.2 Å². The Hall–Kier alpha value is -2.67. The summed E-state index contributed by atoms with van der Waals surface area (Å²) < 4.78 is 5.64. The molecule has 3 rings (SSSR count). The maximum absolute atomic E-state index is 14.2. The number of amides is 1. The Morgan fingerprint density at radius 1 is 1.35 bits per heavy atom. The summed E-state index contributed by atoms with van der Waals surface area (Å²) in [6.07, 6.45) is 2.35. The minimum Gasteiger partial charge on any atom is -0.496 e. The summed E-state index contributed by atoms with van der Waals surface area (Å²) in [7, 11) is 1.59. The summed E-state index contributed by atoms with van der Waals surface area (Å²) in [5.41, 5.74) is 0.711. The number of rotatable bonds is 7. The fourth-order valence-electron chi connectivity index (χ4n) is 5.17. The van der Waals surface area contributed by atoms with Crippen molar-refractivity contribution >= 4 is 23.2 Å². The SMILES string of the molecule is C=C(C)[C@@H]1C[C@@](CC(C)C)(C(=O)O)N(C(=O)c2ccc(C(C)(C)C)c(OC)c2)[C@H]1c1nccs1. The molecule has 184 valence electrons. The van der Waals surface area contributed by atoms with E-state index < -0.39 is 17.6 Å². The highest BCUT2D eigenvalue weighted by atomic mass is 32.1. The molecule has 0 spiro atoms. The molecule has 1 aliphatic heterocycles. The van der Waals surface area contributed by atoms with Crippen molar-refractivity contribution in [1.82, 2.24) is 9.88 Å². The molecule has 6 nitrogen and oxygen atoms in total. The number of methoxy groups -OCH3 is 1. The number of carbonyl (C=O) groups is 2. The van der Waals surface area contributed by atoms with Crippen LogP contribution in [0.1, 0.15) is 81.4 Å². The highest BCUT2D eigenvalue weighted by Gasteiger charge is 2.59. The van der Waals surface area contributed by atoms with Crippen LogP contribution in [0.3, 0.4) is 0 Å². The van der Waals surface area contributed by atoms with Crippen molar-refractivity contribution in [2.24, 2.45) is 11.8 Å². The molecule has 0 aliphatic carbocycles. The van der Waals surface area contributed by atoms with Crippen LogP contribution in [-0.4, -0.2) is 39.5 Å². The van der Waals surface area contributed by atoms with Crippen LogP contribution in [0.25, 0.3) is 0 Å². The summed E-state index contributed by atoms with van der Waals surface area (Å²) in [4.78, 5) is 33.2. The number of thiazole rings is 1. The number of aromatic nitrogens is 1. The standard InChI is InChI=1S/C27H36N2O4S/c1-16(2)14-27(25(31)32)15-19(17(3)4)22(23-28-11-12-34-23)29(27)24(30)18-9-10-20(26(5,6)7)21(13-18)33-8/h9-13,16,19,22H,3,14-15H2,1-2,4-8H3,(H,31,32)/t19-,22+,27-/m0/s1. The van der Waals surface area contributed by atoms with E-state index in [0.717, 1.165) is 16.1 Å². The van der Waals surface area contributed by atoms with Gasteiger partial charge in [-0.1, -0.05) is 52.8 Å². The van der Waals surface area contributed by atoms with Crippen LogP contribution in [0.15, 0.2) is 41.9 Å². The predicted molar refractivity (Wildman–Crippen MR) is 135 cm³/mol. The maximum atomic E-state index is 14.2. The van der Waals surface area contributed by atoms with Gasteiger partial charge in [-0.2, -0.15) is 0 Å². The van der Waals surface area contributed by atoms with Crippen molar-refractivity contribution in [3.8, 4) is 5.75 Å². The van der Waals surface area contributed by atoms with Crippen LogP contribution >= 0.6 is 11.3 Å². The van der Waals surface area contributed by atoms with Crippen molar-refractivity contribution in [3.05, 3.63) is 58.1 Å². The molecule has 3 atom stereocenters. The van der Waals surface area contributed by atoms with Gasteiger partial charge in [0.15, 0.2) is 0 Å². The molecule has 0 saturated carbocycles. The average Bonchev–Trinajstić information content (AvgIpc) is 3.38. The van der Waals surface area contributed by atoms with E-state index in [9.17, 15) is 14.7 Å². The smallest absolute Gasteiger partial charge is 0.329 e. The Morgan fingerprint density at radius 3 is 2.50 bits per heavy atom. The highest BCUT2D eigenvalue weighted by molar-refractivity contribution is 7.09. The number of hydrogen-bond donors (Lipinski definition) is 1. The van der Waals surface area contributed by atoms with Crippen molar-refractivity contribution in [3.63, 3.8) is 0 Å². The van der Waals surface area contributed by atoms with Crippen molar-refractivity contribution in [2.75, 3.05) is 7.11 Å². The molecule has 1 amide bonds. The first-order valence-corrected chi connectivity index (χ1v) is 12.5. The van der Waals surface area contributed by atoms with Gasteiger partial charge in [-0.15, -0.1) is 11.3 Å². The van der Waals surface area contributed by atoms with Gasteiger partial charge in [0.05, 0.1) is 13.2 Å². The fourth-order valence-corrected chi connectivity index (χ4v) is 5.96. The Kier molecular flexibility index (Phi) is 7.27. The van der Waals surface area contributed by atoms with E-state index in [4.69, 9.17) is 4.74 Å². The van der Waals surface area contributed by atoms with E-state index in [1.165, 1.54) is 11.3 Å². The minimum absolute atomic E-state index is 0.0741. The first-order valence-electron chi connectivity index (χ1n) is 11.6. The fraction of sp³-hybridized carbons (Fsp3) is 0.519. The summed E-state index contributed by atoms with van der Waals surface area (Å²) in [6.45, 7) is 16.3. The van der Waals surface area contributed by atoms with Gasteiger partial charge >= 0.3 is 5.97 Å². The zero-order valence-electron chi connectivity index (χ0n) is 21.2. The molecule has 1 aromatic heterocycles. The van der Waals surface area contributed by atoms with Gasteiger partial charge in [-0.3, -0.25) is 4.79 Å². The van der Waals surface area contributed by atoms with Gasteiger partial charge in [0.2, 0.25) is 0 Å². The summed E-state index contributed by atoms with van der Waals surface area (Å²) in [5.74, 6) is -0.834. The average molecular weight is 485 g/mol. The number of ether oxygens (including phenoxy) is 1. The van der Waals surface area contributed by atoms with Crippen molar-refractivity contribution in [2.45, 2.75) is 71.4 Å². The second-order valence-corrected chi connectivity index (χ2v) is 11.7. The Morgan fingerprint density at radius 2 is 2.03 bits per heavy atom. The summed E-state index contributed by atoms with van der Waals surface area (Å²) in [5, 5.41) is 13.2. The quantitative estimate of drug-likeness (QED) is 0.481.